The van der Waals surface area contributed by atoms with Crippen LogP contribution in [-0.2, 0) is 0 Å². The molecule has 114 valence electrons. The minimum absolute atomic E-state index is 0.223. The van der Waals surface area contributed by atoms with E-state index in [9.17, 15) is 14.9 Å². The SMILES string of the molecule is CC1CN(C)CCCN1c1ccc([N+](=O)[O-])c(C(=O)O)c1. The highest BCUT2D eigenvalue weighted by Crippen LogP contribution is 2.27. The third kappa shape index (κ3) is 3.30. The van der Waals surface area contributed by atoms with Crippen LogP contribution in [0.25, 0.3) is 0 Å². The van der Waals surface area contributed by atoms with E-state index in [2.05, 4.69) is 23.8 Å². The lowest BCUT2D eigenvalue weighted by Gasteiger charge is -2.30. The quantitative estimate of drug-likeness (QED) is 0.675. The average Bonchev–Trinajstić information content (AvgIpc) is 2.58. The van der Waals surface area contributed by atoms with Crippen molar-refractivity contribution in [2.45, 2.75) is 19.4 Å². The van der Waals surface area contributed by atoms with Crippen molar-refractivity contribution < 1.29 is 14.8 Å². The first kappa shape index (κ1) is 15.2. The largest absolute Gasteiger partial charge is 0.477 e. The summed E-state index contributed by atoms with van der Waals surface area (Å²) in [4.78, 5) is 25.8. The fourth-order valence-corrected chi connectivity index (χ4v) is 2.79. The molecule has 0 aliphatic carbocycles. The van der Waals surface area contributed by atoms with Gasteiger partial charge in [0.25, 0.3) is 5.69 Å². The maximum atomic E-state index is 11.2. The molecule has 0 amide bonds. The number of carboxylic acids is 1. The summed E-state index contributed by atoms with van der Waals surface area (Å²) in [5.74, 6) is -1.27. The number of likely N-dealkylation sites (N-methyl/N-ethyl adjacent to an activating group) is 1. The van der Waals surface area contributed by atoms with Crippen molar-refractivity contribution in [1.29, 1.82) is 0 Å². The fraction of sp³-hybridized carbons (Fsp3) is 0.500. The number of nitrogens with zero attached hydrogens (tertiary/aromatic N) is 3. The van der Waals surface area contributed by atoms with E-state index in [1.807, 2.05) is 0 Å². The molecule has 1 N–H and O–H groups in total. The summed E-state index contributed by atoms with van der Waals surface area (Å²) in [5.41, 5.74) is 0.0916. The monoisotopic (exact) mass is 293 g/mol. The van der Waals surface area contributed by atoms with Crippen molar-refractivity contribution in [2.75, 3.05) is 31.6 Å². The smallest absolute Gasteiger partial charge is 0.342 e. The minimum Gasteiger partial charge on any atom is -0.477 e. The second kappa shape index (κ2) is 6.09. The van der Waals surface area contributed by atoms with Crippen molar-refractivity contribution in [3.8, 4) is 0 Å². The van der Waals surface area contributed by atoms with E-state index in [-0.39, 0.29) is 17.3 Å². The highest BCUT2D eigenvalue weighted by Gasteiger charge is 2.24. The second-order valence-electron chi connectivity index (χ2n) is 5.42. The van der Waals surface area contributed by atoms with Crippen molar-refractivity contribution in [2.24, 2.45) is 0 Å². The number of hydrogen-bond donors (Lipinski definition) is 1. The molecule has 0 aromatic heterocycles. The molecule has 2 rings (SSSR count). The molecule has 0 bridgehead atoms. The molecule has 1 aliphatic rings. The molecular formula is C14H19N3O4. The topological polar surface area (TPSA) is 86.9 Å². The van der Waals surface area contributed by atoms with E-state index < -0.39 is 10.9 Å². The second-order valence-corrected chi connectivity index (χ2v) is 5.42. The van der Waals surface area contributed by atoms with Gasteiger partial charge in [-0.2, -0.15) is 0 Å². The Bertz CT molecular complexity index is 561. The summed E-state index contributed by atoms with van der Waals surface area (Å²) in [5, 5.41) is 20.1. The van der Waals surface area contributed by atoms with Crippen LogP contribution in [-0.4, -0.2) is 53.6 Å². The number of nitro benzene ring substituents is 1. The molecule has 1 saturated heterocycles. The van der Waals surface area contributed by atoms with Crippen LogP contribution >= 0.6 is 0 Å². The molecule has 1 aromatic carbocycles. The van der Waals surface area contributed by atoms with Crippen LogP contribution in [0.4, 0.5) is 11.4 Å². The maximum absolute atomic E-state index is 11.2. The van der Waals surface area contributed by atoms with Gasteiger partial charge in [-0.1, -0.05) is 0 Å². The van der Waals surface area contributed by atoms with Crippen molar-refractivity contribution in [3.05, 3.63) is 33.9 Å². The number of aromatic carboxylic acids is 1. The van der Waals surface area contributed by atoms with E-state index in [0.717, 1.165) is 31.7 Å². The molecule has 0 radical (unpaired) electrons. The molecule has 1 aromatic rings. The zero-order chi connectivity index (χ0) is 15.6. The molecule has 7 nitrogen and oxygen atoms in total. The standard InChI is InChI=1S/C14H19N3O4/c1-10-9-15(2)6-3-7-16(10)11-4-5-13(17(20)21)12(8-11)14(18)19/h4-5,8,10H,3,6-7,9H2,1-2H3,(H,18,19). The summed E-state index contributed by atoms with van der Waals surface area (Å²) in [6, 6.07) is 4.54. The van der Waals surface area contributed by atoms with Crippen molar-refractivity contribution in [1.82, 2.24) is 4.90 Å². The summed E-state index contributed by atoms with van der Waals surface area (Å²) in [6.07, 6.45) is 0.972. The Balaban J connectivity index is 2.37. The lowest BCUT2D eigenvalue weighted by atomic mass is 10.1. The van der Waals surface area contributed by atoms with Gasteiger partial charge in [-0.3, -0.25) is 10.1 Å². The average molecular weight is 293 g/mol. The Morgan fingerprint density at radius 1 is 1.43 bits per heavy atom. The van der Waals surface area contributed by atoms with Crippen molar-refractivity contribution >= 4 is 17.3 Å². The molecule has 1 aliphatic heterocycles. The minimum atomic E-state index is -1.27. The van der Waals surface area contributed by atoms with Crippen LogP contribution in [0, 0.1) is 10.1 Å². The number of anilines is 1. The van der Waals surface area contributed by atoms with Gasteiger partial charge in [0, 0.05) is 30.9 Å². The van der Waals surface area contributed by atoms with E-state index in [4.69, 9.17) is 5.11 Å². The first-order valence-electron chi connectivity index (χ1n) is 6.87. The summed E-state index contributed by atoms with van der Waals surface area (Å²) >= 11 is 0. The Labute approximate surface area is 122 Å². The lowest BCUT2D eigenvalue weighted by molar-refractivity contribution is -0.385. The number of benzene rings is 1. The Morgan fingerprint density at radius 2 is 2.14 bits per heavy atom. The van der Waals surface area contributed by atoms with Gasteiger partial charge in [-0.25, -0.2) is 4.79 Å². The van der Waals surface area contributed by atoms with Crippen molar-refractivity contribution in [3.63, 3.8) is 0 Å². The van der Waals surface area contributed by atoms with Gasteiger partial charge in [-0.15, -0.1) is 0 Å². The van der Waals surface area contributed by atoms with Crippen LogP contribution in [0.5, 0.6) is 0 Å². The van der Waals surface area contributed by atoms with Gasteiger partial charge in [0.05, 0.1) is 4.92 Å². The molecule has 0 saturated carbocycles. The molecule has 1 atom stereocenters. The fourth-order valence-electron chi connectivity index (χ4n) is 2.79. The first-order valence-corrected chi connectivity index (χ1v) is 6.87. The van der Waals surface area contributed by atoms with E-state index >= 15 is 0 Å². The van der Waals surface area contributed by atoms with Crippen LogP contribution in [0.3, 0.4) is 0 Å². The van der Waals surface area contributed by atoms with Gasteiger partial charge in [-0.05, 0) is 39.1 Å². The number of carboxylic acid groups (broad SMARTS) is 1. The first-order chi connectivity index (χ1) is 9.90. The molecule has 1 heterocycles. The van der Waals surface area contributed by atoms with Crippen LogP contribution in [0.15, 0.2) is 18.2 Å². The number of nitro groups is 1. The van der Waals surface area contributed by atoms with E-state index in [1.165, 1.54) is 12.1 Å². The molecule has 21 heavy (non-hydrogen) atoms. The highest BCUT2D eigenvalue weighted by molar-refractivity contribution is 5.93. The van der Waals surface area contributed by atoms with Gasteiger partial charge < -0.3 is 14.9 Å². The molecule has 1 unspecified atom stereocenters. The Kier molecular flexibility index (Phi) is 4.42. The number of carbonyl (C=O) groups is 1. The Morgan fingerprint density at radius 3 is 2.76 bits per heavy atom. The molecule has 1 fully saturated rings. The molecule has 0 spiro atoms. The van der Waals surface area contributed by atoms with Gasteiger partial charge in [0.15, 0.2) is 0 Å². The zero-order valence-corrected chi connectivity index (χ0v) is 12.2. The number of rotatable bonds is 3. The molecule has 7 heteroatoms. The summed E-state index contributed by atoms with van der Waals surface area (Å²) < 4.78 is 0. The predicted molar refractivity (Wildman–Crippen MR) is 79.0 cm³/mol. The van der Waals surface area contributed by atoms with Crippen LogP contribution < -0.4 is 4.90 Å². The van der Waals surface area contributed by atoms with Gasteiger partial charge in [0.1, 0.15) is 5.56 Å². The summed E-state index contributed by atoms with van der Waals surface area (Å²) in [7, 11) is 2.05. The van der Waals surface area contributed by atoms with Gasteiger partial charge >= 0.3 is 5.97 Å². The third-order valence-corrected chi connectivity index (χ3v) is 3.79. The van der Waals surface area contributed by atoms with Crippen LogP contribution in [0.1, 0.15) is 23.7 Å². The van der Waals surface area contributed by atoms with E-state index in [1.54, 1.807) is 6.07 Å². The molecular weight excluding hydrogens is 274 g/mol. The number of hydrogen-bond acceptors (Lipinski definition) is 5. The Hall–Kier alpha value is -2.15. The highest BCUT2D eigenvalue weighted by atomic mass is 16.6. The maximum Gasteiger partial charge on any atom is 0.342 e. The normalized spacial score (nSPS) is 20.1. The van der Waals surface area contributed by atoms with E-state index in [0.29, 0.717) is 0 Å². The van der Waals surface area contributed by atoms with Gasteiger partial charge in [0.2, 0.25) is 0 Å². The van der Waals surface area contributed by atoms with Crippen LogP contribution in [0.2, 0.25) is 0 Å². The summed E-state index contributed by atoms with van der Waals surface area (Å²) in [6.45, 7) is 4.74. The lowest BCUT2D eigenvalue weighted by Crippen LogP contribution is -2.38. The third-order valence-electron chi connectivity index (χ3n) is 3.79. The zero-order valence-electron chi connectivity index (χ0n) is 12.2. The predicted octanol–water partition coefficient (Wildman–Crippen LogP) is 1.82.